The van der Waals surface area contributed by atoms with Gasteiger partial charge in [0.25, 0.3) is 5.91 Å². The molecule has 172 valence electrons. The number of hydroxylamine groups is 1. The molecular formula is C21H25ClN4O5S. The molecule has 1 unspecified atom stereocenters. The number of ether oxygens (including phenoxy) is 1. The van der Waals surface area contributed by atoms with Gasteiger partial charge in [0.1, 0.15) is 12.7 Å². The molecule has 0 spiro atoms. The van der Waals surface area contributed by atoms with Crippen LogP contribution in [0.5, 0.6) is 0 Å². The fourth-order valence-electron chi connectivity index (χ4n) is 3.17. The van der Waals surface area contributed by atoms with E-state index >= 15 is 0 Å². The number of allylic oxidation sites excluding steroid dienone is 3. The number of carbonyl (C=O) groups is 3. The number of nitrogens with zero attached hydrogens (tertiary/aromatic N) is 2. The minimum atomic E-state index is -0.299. The van der Waals surface area contributed by atoms with E-state index in [0.29, 0.717) is 26.2 Å². The Balaban J connectivity index is 0.000000269. The Morgan fingerprint density at radius 1 is 1.22 bits per heavy atom. The summed E-state index contributed by atoms with van der Waals surface area (Å²) in [6, 6.07) is 7.05. The highest BCUT2D eigenvalue weighted by atomic mass is 35.5. The van der Waals surface area contributed by atoms with Crippen LogP contribution in [0.3, 0.4) is 0 Å². The van der Waals surface area contributed by atoms with E-state index in [1.807, 2.05) is 31.3 Å². The van der Waals surface area contributed by atoms with Gasteiger partial charge in [0.2, 0.25) is 0 Å². The minimum absolute atomic E-state index is 0.0535. The summed E-state index contributed by atoms with van der Waals surface area (Å²) >= 11 is 7.08. The molecule has 1 atom stereocenters. The highest BCUT2D eigenvalue weighted by Crippen LogP contribution is 2.24. The second-order valence-corrected chi connectivity index (χ2v) is 8.55. The lowest BCUT2D eigenvalue weighted by Crippen LogP contribution is -2.54. The van der Waals surface area contributed by atoms with Crippen molar-refractivity contribution >= 4 is 53.0 Å². The van der Waals surface area contributed by atoms with Crippen LogP contribution in [0.15, 0.2) is 46.4 Å². The summed E-state index contributed by atoms with van der Waals surface area (Å²) in [7, 11) is 1.83. The number of rotatable bonds is 5. The van der Waals surface area contributed by atoms with E-state index in [4.69, 9.17) is 21.2 Å². The molecule has 3 aliphatic heterocycles. The first-order chi connectivity index (χ1) is 15.5. The Bertz CT molecular complexity index is 893. The molecule has 3 heterocycles. The number of carbonyl (C=O) groups excluding carboxylic acids is 3. The third kappa shape index (κ3) is 6.57. The van der Waals surface area contributed by atoms with Crippen LogP contribution in [0.1, 0.15) is 0 Å². The third-order valence-corrected chi connectivity index (χ3v) is 6.20. The topological polar surface area (TPSA) is 100 Å². The molecule has 2 saturated heterocycles. The molecule has 9 nitrogen and oxygen atoms in total. The number of thioether (sulfide) groups is 1. The van der Waals surface area contributed by atoms with Gasteiger partial charge < -0.3 is 15.0 Å². The standard InChI is InChI=1S/C15H20N4O4.C6H5ClOS/c1-16-8-13-9-19(15(21)17-23-13)12-4-2-11(3-5-12)18-6-7-22-10-14(18)20;7-5-1-2-6(3-8)9-4-5/h2-5,13,16H,6-10H2,1H3,(H,17,21);1-3H,4H2. The molecule has 1 aromatic rings. The van der Waals surface area contributed by atoms with E-state index in [1.54, 1.807) is 22.0 Å². The molecule has 0 bridgehead atoms. The first-order valence-corrected chi connectivity index (χ1v) is 11.4. The molecule has 2 N–H and O–H groups in total. The van der Waals surface area contributed by atoms with E-state index in [-0.39, 0.29) is 24.6 Å². The molecule has 0 saturated carbocycles. The van der Waals surface area contributed by atoms with E-state index in [9.17, 15) is 14.4 Å². The molecule has 11 heteroatoms. The maximum Gasteiger partial charge on any atom is 0.345 e. The molecule has 0 aliphatic carbocycles. The van der Waals surface area contributed by atoms with Crippen LogP contribution in [0.2, 0.25) is 0 Å². The predicted octanol–water partition coefficient (Wildman–Crippen LogP) is 2.04. The van der Waals surface area contributed by atoms with Gasteiger partial charge in [0.15, 0.2) is 6.29 Å². The molecule has 2 fully saturated rings. The number of hydrogen-bond acceptors (Lipinski definition) is 7. The van der Waals surface area contributed by atoms with Crippen LogP contribution in [-0.2, 0) is 19.2 Å². The number of aldehydes is 1. The van der Waals surface area contributed by atoms with Crippen molar-refractivity contribution in [3.63, 3.8) is 0 Å². The molecule has 0 aromatic heterocycles. The third-order valence-electron chi connectivity index (χ3n) is 4.76. The van der Waals surface area contributed by atoms with E-state index in [0.717, 1.165) is 33.4 Å². The van der Waals surface area contributed by atoms with Crippen molar-refractivity contribution in [1.82, 2.24) is 10.8 Å². The van der Waals surface area contributed by atoms with Gasteiger partial charge in [-0.25, -0.2) is 10.3 Å². The second kappa shape index (κ2) is 12.0. The summed E-state index contributed by atoms with van der Waals surface area (Å²) in [5, 5.41) is 3.82. The average molecular weight is 481 g/mol. The molecule has 3 amide bonds. The van der Waals surface area contributed by atoms with Crippen molar-refractivity contribution < 1.29 is 24.0 Å². The number of amides is 3. The molecule has 3 aliphatic rings. The monoisotopic (exact) mass is 480 g/mol. The van der Waals surface area contributed by atoms with Crippen molar-refractivity contribution in [2.24, 2.45) is 0 Å². The van der Waals surface area contributed by atoms with E-state index in [1.165, 1.54) is 11.8 Å². The first-order valence-electron chi connectivity index (χ1n) is 10.0. The van der Waals surface area contributed by atoms with Crippen molar-refractivity contribution in [2.75, 3.05) is 55.4 Å². The maximum atomic E-state index is 12.0. The van der Waals surface area contributed by atoms with Gasteiger partial charge in [-0.1, -0.05) is 11.6 Å². The Morgan fingerprint density at radius 2 is 1.94 bits per heavy atom. The van der Waals surface area contributed by atoms with E-state index < -0.39 is 0 Å². The van der Waals surface area contributed by atoms with Gasteiger partial charge in [-0.3, -0.25) is 19.3 Å². The summed E-state index contributed by atoms with van der Waals surface area (Å²) in [6.07, 6.45) is 4.19. The van der Waals surface area contributed by atoms with Gasteiger partial charge in [0, 0.05) is 40.2 Å². The summed E-state index contributed by atoms with van der Waals surface area (Å²) in [5.74, 6) is 0.675. The number of urea groups is 1. The fraction of sp³-hybridized carbons (Fsp3) is 0.381. The number of anilines is 2. The van der Waals surface area contributed by atoms with Gasteiger partial charge in [-0.15, -0.1) is 11.8 Å². The maximum absolute atomic E-state index is 12.0. The molecule has 0 radical (unpaired) electrons. The Morgan fingerprint density at radius 3 is 2.53 bits per heavy atom. The average Bonchev–Trinajstić information content (AvgIpc) is 2.82. The van der Waals surface area contributed by atoms with Crippen LogP contribution >= 0.6 is 23.4 Å². The summed E-state index contributed by atoms with van der Waals surface area (Å²) in [4.78, 5) is 43.2. The number of nitrogens with one attached hydrogen (secondary N) is 2. The lowest BCUT2D eigenvalue weighted by atomic mass is 10.2. The Hall–Kier alpha value is -2.37. The normalized spacial score (nSPS) is 21.1. The van der Waals surface area contributed by atoms with Crippen molar-refractivity contribution in [3.8, 4) is 0 Å². The summed E-state index contributed by atoms with van der Waals surface area (Å²) in [6.45, 7) is 2.28. The predicted molar refractivity (Wildman–Crippen MR) is 125 cm³/mol. The Labute approximate surface area is 195 Å². The fourth-order valence-corrected chi connectivity index (χ4v) is 4.03. The lowest BCUT2D eigenvalue weighted by molar-refractivity contribution is -0.125. The lowest BCUT2D eigenvalue weighted by Gasteiger charge is -2.33. The largest absolute Gasteiger partial charge is 0.370 e. The van der Waals surface area contributed by atoms with Gasteiger partial charge in [-0.05, 0) is 43.5 Å². The number of benzene rings is 1. The molecule has 1 aromatic carbocycles. The van der Waals surface area contributed by atoms with Crippen LogP contribution in [0, 0.1) is 0 Å². The highest BCUT2D eigenvalue weighted by molar-refractivity contribution is 8.04. The van der Waals surface area contributed by atoms with Crippen LogP contribution in [0.4, 0.5) is 16.2 Å². The first kappa shape index (κ1) is 24.3. The molecule has 32 heavy (non-hydrogen) atoms. The molecular weight excluding hydrogens is 456 g/mol. The van der Waals surface area contributed by atoms with Crippen molar-refractivity contribution in [2.45, 2.75) is 6.10 Å². The molecule has 4 rings (SSSR count). The summed E-state index contributed by atoms with van der Waals surface area (Å²) < 4.78 is 5.13. The Kier molecular flexibility index (Phi) is 9.12. The van der Waals surface area contributed by atoms with E-state index in [2.05, 4.69) is 10.8 Å². The number of likely N-dealkylation sites (N-methyl/N-ethyl adjacent to an activating group) is 1. The van der Waals surface area contributed by atoms with Gasteiger partial charge >= 0.3 is 6.03 Å². The van der Waals surface area contributed by atoms with Crippen LogP contribution < -0.4 is 20.6 Å². The van der Waals surface area contributed by atoms with Crippen molar-refractivity contribution in [3.05, 3.63) is 46.4 Å². The minimum Gasteiger partial charge on any atom is -0.370 e. The zero-order valence-corrected chi connectivity index (χ0v) is 19.2. The van der Waals surface area contributed by atoms with Crippen molar-refractivity contribution in [1.29, 1.82) is 0 Å². The number of halogens is 1. The second-order valence-electron chi connectivity index (χ2n) is 7.02. The highest BCUT2D eigenvalue weighted by Gasteiger charge is 2.27. The van der Waals surface area contributed by atoms with Gasteiger partial charge in [0.05, 0.1) is 13.2 Å². The van der Waals surface area contributed by atoms with Gasteiger partial charge in [-0.2, -0.15) is 0 Å². The zero-order valence-electron chi connectivity index (χ0n) is 17.6. The summed E-state index contributed by atoms with van der Waals surface area (Å²) in [5.41, 5.74) is 3.98. The zero-order chi connectivity index (χ0) is 22.9. The number of morpholine rings is 1. The smallest absolute Gasteiger partial charge is 0.345 e. The quantitative estimate of drug-likeness (QED) is 0.622. The van der Waals surface area contributed by atoms with Crippen LogP contribution in [0.25, 0.3) is 0 Å². The van der Waals surface area contributed by atoms with Crippen LogP contribution in [-0.4, -0.2) is 70.0 Å². The SMILES string of the molecule is CNCC1CN(c2ccc(N3CCOCC3=O)cc2)C(=O)NO1.O=CC1=CC=C(Cl)CS1. The number of hydrogen-bond donors (Lipinski definition) is 2.